The minimum atomic E-state index is -4.39. The summed E-state index contributed by atoms with van der Waals surface area (Å²) in [5.74, 6) is -6.62. The van der Waals surface area contributed by atoms with E-state index in [1.807, 2.05) is 0 Å². The van der Waals surface area contributed by atoms with Crippen LogP contribution in [0.1, 0.15) is 50.2 Å². The van der Waals surface area contributed by atoms with Gasteiger partial charge in [-0.05, 0) is 91.0 Å². The Morgan fingerprint density at radius 2 is 1.71 bits per heavy atom. The summed E-state index contributed by atoms with van der Waals surface area (Å²) in [7, 11) is 0. The Morgan fingerprint density at radius 1 is 1.18 bits per heavy atom. The Hall–Kier alpha value is -1.45. The molecule has 1 N–H and O–H groups in total. The predicted molar refractivity (Wildman–Crippen MR) is 100 cm³/mol. The molecule has 5 rings (SSSR count). The Labute approximate surface area is 174 Å². The first-order chi connectivity index (χ1) is 13.1. The minimum Gasteiger partial charge on any atom is -0.544 e. The van der Waals surface area contributed by atoms with Crippen molar-refractivity contribution in [3.8, 4) is 5.75 Å². The summed E-state index contributed by atoms with van der Waals surface area (Å²) in [6, 6.07) is 3.52. The lowest BCUT2D eigenvalue weighted by molar-refractivity contribution is -0.337. The standard InChI is InChI=1S/C20H21F2IO5/c21-20(22,17(25)26)16(13-1-2-15(24)14(23)6-13)28-18(27)19-7-10-3-11(8-19)5-12(4-10)9-19/h1-2,6,10-12,16,24H,3-5,7-9H2,(H,25,26)/p-1. The Kier molecular flexibility index (Phi) is 4.83. The van der Waals surface area contributed by atoms with Gasteiger partial charge in [0.1, 0.15) is 11.7 Å². The number of aromatic hydroxyl groups is 1. The van der Waals surface area contributed by atoms with Gasteiger partial charge >= 0.3 is 11.9 Å². The van der Waals surface area contributed by atoms with Gasteiger partial charge in [-0.25, -0.2) is 0 Å². The van der Waals surface area contributed by atoms with Crippen molar-refractivity contribution in [3.05, 3.63) is 27.3 Å². The fraction of sp³-hybridized carbons (Fsp3) is 0.600. The van der Waals surface area contributed by atoms with Crippen molar-refractivity contribution in [1.29, 1.82) is 0 Å². The van der Waals surface area contributed by atoms with E-state index in [1.165, 1.54) is 12.1 Å². The number of esters is 1. The van der Waals surface area contributed by atoms with Crippen LogP contribution in [-0.2, 0) is 14.3 Å². The molecule has 5 nitrogen and oxygen atoms in total. The summed E-state index contributed by atoms with van der Waals surface area (Å²) in [4.78, 5) is 24.2. The second-order valence-corrected chi connectivity index (χ2v) is 9.77. The van der Waals surface area contributed by atoms with E-state index in [9.17, 15) is 28.6 Å². The van der Waals surface area contributed by atoms with Crippen molar-refractivity contribution in [2.45, 2.75) is 50.6 Å². The highest BCUT2D eigenvalue weighted by Gasteiger charge is 2.57. The summed E-state index contributed by atoms with van der Waals surface area (Å²) >= 11 is 1.74. The van der Waals surface area contributed by atoms with Crippen molar-refractivity contribution < 1.29 is 33.3 Å². The summed E-state index contributed by atoms with van der Waals surface area (Å²) in [6.07, 6.45) is 2.77. The zero-order chi connectivity index (χ0) is 20.3. The highest BCUT2D eigenvalue weighted by molar-refractivity contribution is 14.1. The molecule has 8 heteroatoms. The van der Waals surface area contributed by atoms with E-state index >= 15 is 0 Å². The average Bonchev–Trinajstić information content (AvgIpc) is 2.60. The number of phenols is 1. The van der Waals surface area contributed by atoms with E-state index in [4.69, 9.17) is 4.74 Å². The van der Waals surface area contributed by atoms with Gasteiger partial charge in [-0.2, -0.15) is 8.78 Å². The fourth-order valence-electron chi connectivity index (χ4n) is 5.74. The summed E-state index contributed by atoms with van der Waals surface area (Å²) < 4.78 is 34.4. The highest BCUT2D eigenvalue weighted by Crippen LogP contribution is 2.60. The number of carboxylic acids is 1. The number of hydrogen-bond acceptors (Lipinski definition) is 5. The topological polar surface area (TPSA) is 86.7 Å². The van der Waals surface area contributed by atoms with Crippen LogP contribution < -0.4 is 5.11 Å². The number of phenolic OH excluding ortho intramolecular Hbond substituents is 1. The molecule has 0 radical (unpaired) electrons. The van der Waals surface area contributed by atoms with Gasteiger partial charge in [0.15, 0.2) is 6.10 Å². The number of carbonyl (C=O) groups is 2. The third-order valence-corrected chi connectivity index (χ3v) is 7.44. The molecule has 4 bridgehead atoms. The number of halogens is 3. The van der Waals surface area contributed by atoms with E-state index in [0.29, 0.717) is 37.0 Å². The molecule has 4 fully saturated rings. The highest BCUT2D eigenvalue weighted by atomic mass is 127. The minimum absolute atomic E-state index is 0.132. The van der Waals surface area contributed by atoms with Crippen LogP contribution >= 0.6 is 22.6 Å². The molecule has 0 aliphatic heterocycles. The van der Waals surface area contributed by atoms with Gasteiger partial charge in [-0.1, -0.05) is 6.07 Å². The van der Waals surface area contributed by atoms with Crippen LogP contribution in [0.25, 0.3) is 0 Å². The molecular weight excluding hydrogens is 485 g/mol. The van der Waals surface area contributed by atoms with Gasteiger partial charge in [0.25, 0.3) is 0 Å². The number of carboxylic acid groups (broad SMARTS) is 1. The van der Waals surface area contributed by atoms with Crippen molar-refractivity contribution >= 4 is 34.5 Å². The monoisotopic (exact) mass is 505 g/mol. The maximum atomic E-state index is 14.5. The Bertz CT molecular complexity index is 790. The number of alkyl halides is 2. The Balaban J connectivity index is 1.65. The molecule has 1 unspecified atom stereocenters. The summed E-state index contributed by atoms with van der Waals surface area (Å²) in [6.45, 7) is 0. The first kappa shape index (κ1) is 19.8. The number of aliphatic carboxylic acids is 1. The lowest BCUT2D eigenvalue weighted by atomic mass is 9.49. The van der Waals surface area contributed by atoms with Gasteiger partial charge < -0.3 is 19.7 Å². The Morgan fingerprint density at radius 3 is 2.18 bits per heavy atom. The average molecular weight is 505 g/mol. The van der Waals surface area contributed by atoms with Crippen LogP contribution in [0.2, 0.25) is 0 Å². The van der Waals surface area contributed by atoms with E-state index in [-0.39, 0.29) is 14.9 Å². The van der Waals surface area contributed by atoms with E-state index in [1.54, 1.807) is 22.6 Å². The molecule has 0 amide bonds. The molecule has 28 heavy (non-hydrogen) atoms. The molecule has 1 atom stereocenters. The van der Waals surface area contributed by atoms with E-state index < -0.39 is 29.4 Å². The summed E-state index contributed by atoms with van der Waals surface area (Å²) in [5, 5.41) is 20.8. The lowest BCUT2D eigenvalue weighted by Gasteiger charge is -2.55. The van der Waals surface area contributed by atoms with Gasteiger partial charge in [0, 0.05) is 5.56 Å². The van der Waals surface area contributed by atoms with Crippen molar-refractivity contribution in [1.82, 2.24) is 0 Å². The van der Waals surface area contributed by atoms with Crippen LogP contribution in [0, 0.1) is 26.7 Å². The van der Waals surface area contributed by atoms with E-state index in [2.05, 4.69) is 0 Å². The number of ether oxygens (including phenoxy) is 1. The number of hydrogen-bond donors (Lipinski definition) is 1. The molecule has 1 aromatic carbocycles. The largest absolute Gasteiger partial charge is 0.544 e. The number of carbonyl (C=O) groups excluding carboxylic acids is 2. The third kappa shape index (κ3) is 3.27. The lowest BCUT2D eigenvalue weighted by Crippen LogP contribution is -2.52. The van der Waals surface area contributed by atoms with E-state index in [0.717, 1.165) is 25.3 Å². The van der Waals surface area contributed by atoms with Crippen LogP contribution in [0.3, 0.4) is 0 Å². The second-order valence-electron chi connectivity index (χ2n) is 8.60. The molecule has 152 valence electrons. The van der Waals surface area contributed by atoms with Crippen LogP contribution in [0.5, 0.6) is 5.75 Å². The third-order valence-electron chi connectivity index (χ3n) is 6.57. The van der Waals surface area contributed by atoms with Crippen LogP contribution in [-0.4, -0.2) is 23.0 Å². The SMILES string of the molecule is O=C(OC(c1ccc(O)c(I)c1)C(F)(F)C(=O)[O-])C12CC3CC(CC(C3)C1)C2. The number of rotatable bonds is 5. The second kappa shape index (κ2) is 6.81. The molecular formula is C20H20F2IO5-. The van der Waals surface area contributed by atoms with Gasteiger partial charge in [0.2, 0.25) is 0 Å². The maximum absolute atomic E-state index is 14.5. The number of benzene rings is 1. The zero-order valence-electron chi connectivity index (χ0n) is 15.0. The van der Waals surface area contributed by atoms with Crippen LogP contribution in [0.15, 0.2) is 18.2 Å². The summed E-state index contributed by atoms with van der Waals surface area (Å²) in [5.41, 5.74) is -0.978. The quantitative estimate of drug-likeness (QED) is 0.491. The normalized spacial score (nSPS) is 32.2. The van der Waals surface area contributed by atoms with Crippen molar-refractivity contribution in [2.24, 2.45) is 23.2 Å². The van der Waals surface area contributed by atoms with Crippen molar-refractivity contribution in [3.63, 3.8) is 0 Å². The molecule has 0 aromatic heterocycles. The molecule has 0 spiro atoms. The first-order valence-corrected chi connectivity index (χ1v) is 10.5. The molecule has 4 saturated carbocycles. The van der Waals surface area contributed by atoms with Gasteiger partial charge in [0.05, 0.1) is 8.99 Å². The molecule has 4 aliphatic rings. The van der Waals surface area contributed by atoms with Crippen molar-refractivity contribution in [2.75, 3.05) is 0 Å². The maximum Gasteiger partial charge on any atom is 0.327 e. The molecule has 1 aromatic rings. The van der Waals surface area contributed by atoms with Crippen LogP contribution in [0.4, 0.5) is 8.78 Å². The predicted octanol–water partition coefficient (Wildman–Crippen LogP) is 3.18. The zero-order valence-corrected chi connectivity index (χ0v) is 17.2. The fourth-order valence-corrected chi connectivity index (χ4v) is 6.28. The molecule has 0 heterocycles. The molecule has 0 saturated heterocycles. The molecule has 4 aliphatic carbocycles. The smallest absolute Gasteiger partial charge is 0.327 e. The van der Waals surface area contributed by atoms with Gasteiger partial charge in [-0.15, -0.1) is 0 Å². The van der Waals surface area contributed by atoms with Gasteiger partial charge in [-0.3, -0.25) is 4.79 Å². The first-order valence-electron chi connectivity index (χ1n) is 9.39.